The van der Waals surface area contributed by atoms with Crippen LogP contribution in [-0.4, -0.2) is 15.0 Å². The summed E-state index contributed by atoms with van der Waals surface area (Å²) in [6, 6.07) is 57.8. The summed E-state index contributed by atoms with van der Waals surface area (Å²) in [5.41, 5.74) is 12.0. The number of hydrogen-bond acceptors (Lipinski definition) is 4. The van der Waals surface area contributed by atoms with Crippen molar-refractivity contribution in [2.24, 2.45) is 0 Å². The quantitative estimate of drug-likeness (QED) is 0.172. The number of benzene rings is 8. The van der Waals surface area contributed by atoms with Gasteiger partial charge in [0.1, 0.15) is 11.2 Å². The maximum Gasteiger partial charge on any atom is 0.167 e. The molecule has 0 unspecified atom stereocenters. The van der Waals surface area contributed by atoms with E-state index in [1.165, 1.54) is 38.6 Å². The summed E-state index contributed by atoms with van der Waals surface area (Å²) in [6.07, 6.45) is 0. The van der Waals surface area contributed by atoms with E-state index in [1.54, 1.807) is 0 Å². The minimum absolute atomic E-state index is 0.0223. The second kappa shape index (κ2) is 11.5. The number of fused-ring (bicyclic) bond motifs is 9. The largest absolute Gasteiger partial charge is 0.455 e. The summed E-state index contributed by atoms with van der Waals surface area (Å²) in [5.74, 6) is 1.80. The molecule has 54 heavy (non-hydrogen) atoms. The Morgan fingerprint density at radius 2 is 1.00 bits per heavy atom. The SMILES string of the molecule is CC1(C)c2ccccc2-c2cc(-c3ccc(-c4nc(-c5cccc6c5oc5ccccc56)nc(-c5cccc6ccc7ccccc7c56)n4)cc3)ccc21. The van der Waals surface area contributed by atoms with Gasteiger partial charge in [0.05, 0.1) is 5.56 Å². The van der Waals surface area contributed by atoms with Crippen molar-refractivity contribution in [3.8, 4) is 56.4 Å². The lowest BCUT2D eigenvalue weighted by Crippen LogP contribution is -2.14. The molecular weight excluding hydrogens is 659 g/mol. The third-order valence-electron chi connectivity index (χ3n) is 11.4. The molecule has 254 valence electrons. The van der Waals surface area contributed by atoms with Crippen molar-refractivity contribution >= 4 is 43.5 Å². The summed E-state index contributed by atoms with van der Waals surface area (Å²) in [6.45, 7) is 4.64. The van der Waals surface area contributed by atoms with E-state index in [-0.39, 0.29) is 5.41 Å². The molecule has 0 saturated heterocycles. The van der Waals surface area contributed by atoms with Crippen LogP contribution in [0.4, 0.5) is 0 Å². The highest BCUT2D eigenvalue weighted by molar-refractivity contribution is 6.14. The topological polar surface area (TPSA) is 51.8 Å². The zero-order chi connectivity index (χ0) is 36.0. The summed E-state index contributed by atoms with van der Waals surface area (Å²) in [5, 5.41) is 6.70. The molecule has 0 fully saturated rings. The zero-order valence-electron chi connectivity index (χ0n) is 29.8. The van der Waals surface area contributed by atoms with Crippen LogP contribution in [0.5, 0.6) is 0 Å². The number of rotatable bonds is 4. The fourth-order valence-electron chi connectivity index (χ4n) is 8.63. The Hall–Kier alpha value is -6.91. The smallest absolute Gasteiger partial charge is 0.167 e. The van der Waals surface area contributed by atoms with Crippen LogP contribution >= 0.6 is 0 Å². The van der Waals surface area contributed by atoms with Gasteiger partial charge in [-0.05, 0) is 67.7 Å². The Kier molecular flexibility index (Phi) is 6.56. The molecule has 4 nitrogen and oxygen atoms in total. The van der Waals surface area contributed by atoms with Crippen LogP contribution in [0.1, 0.15) is 25.0 Å². The first-order chi connectivity index (χ1) is 26.5. The number of hydrogen-bond donors (Lipinski definition) is 0. The van der Waals surface area contributed by atoms with Crippen LogP contribution in [0.3, 0.4) is 0 Å². The van der Waals surface area contributed by atoms with E-state index >= 15 is 0 Å². The van der Waals surface area contributed by atoms with Gasteiger partial charge in [-0.1, -0.05) is 159 Å². The first kappa shape index (κ1) is 30.7. The molecule has 0 atom stereocenters. The molecule has 11 rings (SSSR count). The van der Waals surface area contributed by atoms with Gasteiger partial charge >= 0.3 is 0 Å². The molecule has 1 aliphatic carbocycles. The van der Waals surface area contributed by atoms with Crippen molar-refractivity contribution in [1.82, 2.24) is 15.0 Å². The Morgan fingerprint density at radius 1 is 0.407 bits per heavy atom. The second-order valence-electron chi connectivity index (χ2n) is 14.8. The maximum absolute atomic E-state index is 6.49. The lowest BCUT2D eigenvalue weighted by atomic mass is 9.82. The molecule has 2 heterocycles. The molecule has 8 aromatic carbocycles. The van der Waals surface area contributed by atoms with Crippen LogP contribution in [0.2, 0.25) is 0 Å². The summed E-state index contributed by atoms with van der Waals surface area (Å²) in [7, 11) is 0. The van der Waals surface area contributed by atoms with Gasteiger partial charge in [-0.15, -0.1) is 0 Å². The molecule has 0 saturated carbocycles. The molecule has 10 aromatic rings. The van der Waals surface area contributed by atoms with Crippen molar-refractivity contribution in [3.05, 3.63) is 175 Å². The monoisotopic (exact) mass is 691 g/mol. The van der Waals surface area contributed by atoms with E-state index in [4.69, 9.17) is 19.4 Å². The van der Waals surface area contributed by atoms with Crippen molar-refractivity contribution < 1.29 is 4.42 Å². The fourth-order valence-corrected chi connectivity index (χ4v) is 8.63. The van der Waals surface area contributed by atoms with Crippen molar-refractivity contribution in [3.63, 3.8) is 0 Å². The molecule has 4 heteroatoms. The summed E-state index contributed by atoms with van der Waals surface area (Å²) < 4.78 is 6.49. The average Bonchev–Trinajstić information content (AvgIpc) is 3.72. The minimum Gasteiger partial charge on any atom is -0.455 e. The zero-order valence-corrected chi connectivity index (χ0v) is 29.8. The van der Waals surface area contributed by atoms with E-state index in [2.05, 4.69) is 153 Å². The van der Waals surface area contributed by atoms with Gasteiger partial charge in [-0.3, -0.25) is 0 Å². The first-order valence-electron chi connectivity index (χ1n) is 18.4. The van der Waals surface area contributed by atoms with E-state index in [9.17, 15) is 0 Å². The lowest BCUT2D eigenvalue weighted by Gasteiger charge is -2.21. The lowest BCUT2D eigenvalue weighted by molar-refractivity contribution is 0.660. The molecular formula is C50H33N3O. The minimum atomic E-state index is -0.0223. The van der Waals surface area contributed by atoms with E-state index < -0.39 is 0 Å². The van der Waals surface area contributed by atoms with Crippen LogP contribution in [0.25, 0.3) is 99.9 Å². The Morgan fingerprint density at radius 3 is 1.89 bits per heavy atom. The van der Waals surface area contributed by atoms with Crippen molar-refractivity contribution in [2.45, 2.75) is 19.3 Å². The standard InChI is InChI=1S/C50H33N3O/c1-50(2)42-19-7-5-14-36(42)41-29-34(27-28-43(41)50)30-21-25-33(26-22-30)47-51-48(39-17-9-12-32-24-23-31-11-3-4-13-35(31)45(32)39)53-49(52-47)40-18-10-16-38-37-15-6-8-20-44(37)54-46(38)40/h3-29H,1-2H3. The number of para-hydroxylation sites is 2. The third-order valence-corrected chi connectivity index (χ3v) is 11.4. The number of aromatic nitrogens is 3. The van der Waals surface area contributed by atoms with E-state index in [1.807, 2.05) is 24.3 Å². The predicted octanol–water partition coefficient (Wildman–Crippen LogP) is 13.1. The van der Waals surface area contributed by atoms with E-state index in [0.717, 1.165) is 55.0 Å². The number of nitrogens with zero attached hydrogens (tertiary/aromatic N) is 3. The molecule has 0 N–H and O–H groups in total. The molecule has 1 aliphatic rings. The summed E-state index contributed by atoms with van der Waals surface area (Å²) >= 11 is 0. The Labute approximate surface area is 312 Å². The van der Waals surface area contributed by atoms with Gasteiger partial charge in [0.2, 0.25) is 0 Å². The highest BCUT2D eigenvalue weighted by Gasteiger charge is 2.35. The molecule has 2 aromatic heterocycles. The first-order valence-corrected chi connectivity index (χ1v) is 18.4. The van der Waals surface area contributed by atoms with Gasteiger partial charge in [0, 0.05) is 32.7 Å². The third kappa shape index (κ3) is 4.60. The Balaban J connectivity index is 1.09. The molecule has 0 amide bonds. The van der Waals surface area contributed by atoms with Crippen LogP contribution in [0.15, 0.2) is 168 Å². The van der Waals surface area contributed by atoms with Gasteiger partial charge < -0.3 is 4.42 Å². The fraction of sp³-hybridized carbons (Fsp3) is 0.0600. The molecule has 0 bridgehead atoms. The Bertz CT molecular complexity index is 3140. The second-order valence-corrected chi connectivity index (χ2v) is 14.8. The number of furan rings is 1. The summed E-state index contributed by atoms with van der Waals surface area (Å²) in [4.78, 5) is 15.6. The van der Waals surface area contributed by atoms with Gasteiger partial charge in [-0.2, -0.15) is 0 Å². The van der Waals surface area contributed by atoms with Crippen LogP contribution in [-0.2, 0) is 5.41 Å². The maximum atomic E-state index is 6.49. The highest BCUT2D eigenvalue weighted by atomic mass is 16.3. The molecule has 0 radical (unpaired) electrons. The predicted molar refractivity (Wildman–Crippen MR) is 221 cm³/mol. The normalized spacial score (nSPS) is 13.1. The molecule has 0 aliphatic heterocycles. The van der Waals surface area contributed by atoms with Crippen LogP contribution in [0, 0.1) is 0 Å². The average molecular weight is 692 g/mol. The van der Waals surface area contributed by atoms with Crippen LogP contribution < -0.4 is 0 Å². The highest BCUT2D eigenvalue weighted by Crippen LogP contribution is 2.49. The van der Waals surface area contributed by atoms with Gasteiger partial charge in [0.15, 0.2) is 17.5 Å². The van der Waals surface area contributed by atoms with E-state index in [0.29, 0.717) is 17.5 Å². The van der Waals surface area contributed by atoms with Gasteiger partial charge in [0.25, 0.3) is 0 Å². The van der Waals surface area contributed by atoms with Crippen molar-refractivity contribution in [2.75, 3.05) is 0 Å². The van der Waals surface area contributed by atoms with Crippen molar-refractivity contribution in [1.29, 1.82) is 0 Å². The molecule has 0 spiro atoms. The van der Waals surface area contributed by atoms with Gasteiger partial charge in [-0.25, -0.2) is 15.0 Å².